The molecule has 0 atom stereocenters. The summed E-state index contributed by atoms with van der Waals surface area (Å²) in [5.74, 6) is 0.946. The number of rotatable bonds is 6. The van der Waals surface area contributed by atoms with Crippen LogP contribution >= 0.6 is 0 Å². The Labute approximate surface area is 110 Å². The summed E-state index contributed by atoms with van der Waals surface area (Å²) in [6.07, 6.45) is 2.52. The van der Waals surface area contributed by atoms with Crippen LogP contribution in [0.4, 0.5) is 5.82 Å². The van der Waals surface area contributed by atoms with E-state index in [1.807, 2.05) is 0 Å². The smallest absolute Gasteiger partial charge is 0.272 e. The van der Waals surface area contributed by atoms with Crippen LogP contribution in [0, 0.1) is 0 Å². The molecule has 0 saturated carbocycles. The van der Waals surface area contributed by atoms with Crippen molar-refractivity contribution in [3.05, 3.63) is 35.9 Å². The molecule has 2 aromatic heterocycles. The van der Waals surface area contributed by atoms with Gasteiger partial charge in [0.25, 0.3) is 5.91 Å². The van der Waals surface area contributed by atoms with Crippen molar-refractivity contribution in [1.29, 1.82) is 0 Å². The van der Waals surface area contributed by atoms with Crippen LogP contribution in [0.3, 0.4) is 0 Å². The van der Waals surface area contributed by atoms with Crippen LogP contribution in [0.25, 0.3) is 0 Å². The number of anilines is 1. The molecule has 0 saturated heterocycles. The van der Waals surface area contributed by atoms with E-state index in [0.717, 1.165) is 13.0 Å². The van der Waals surface area contributed by atoms with Crippen molar-refractivity contribution in [3.8, 4) is 0 Å². The molecule has 0 spiro atoms. The maximum atomic E-state index is 11.8. The zero-order valence-corrected chi connectivity index (χ0v) is 10.6. The summed E-state index contributed by atoms with van der Waals surface area (Å²) in [7, 11) is 0. The lowest BCUT2D eigenvalue weighted by atomic mass is 10.3. The maximum Gasteiger partial charge on any atom is 0.272 e. The van der Waals surface area contributed by atoms with Gasteiger partial charge in [-0.2, -0.15) is 0 Å². The Balaban J connectivity index is 1.88. The van der Waals surface area contributed by atoms with Crippen molar-refractivity contribution in [2.45, 2.75) is 19.9 Å². The third-order valence-electron chi connectivity index (χ3n) is 2.37. The van der Waals surface area contributed by atoms with Gasteiger partial charge in [-0.3, -0.25) is 4.79 Å². The number of amides is 1. The van der Waals surface area contributed by atoms with Crippen LogP contribution < -0.4 is 10.6 Å². The Hall–Kier alpha value is -2.44. The fraction of sp³-hybridized carbons (Fsp3) is 0.333. The summed E-state index contributed by atoms with van der Waals surface area (Å²) in [6.45, 7) is 3.16. The Morgan fingerprint density at radius 3 is 2.84 bits per heavy atom. The number of hydrogen-bond acceptors (Lipinski definition) is 6. The lowest BCUT2D eigenvalue weighted by molar-refractivity contribution is 0.0941. The van der Waals surface area contributed by atoms with E-state index in [2.05, 4.69) is 32.9 Å². The van der Waals surface area contributed by atoms with Gasteiger partial charge in [-0.25, -0.2) is 0 Å². The van der Waals surface area contributed by atoms with Crippen LogP contribution in [0.2, 0.25) is 0 Å². The molecular weight excluding hydrogens is 246 g/mol. The summed E-state index contributed by atoms with van der Waals surface area (Å²) in [5.41, 5.74) is 0.265. The minimum absolute atomic E-state index is 0.265. The maximum absolute atomic E-state index is 11.8. The lowest BCUT2D eigenvalue weighted by Gasteiger charge is -2.04. The molecular formula is C12H15N5O2. The molecule has 0 radical (unpaired) electrons. The van der Waals surface area contributed by atoms with Gasteiger partial charge < -0.3 is 15.2 Å². The second kappa shape index (κ2) is 6.48. The first kappa shape index (κ1) is 13.0. The average molecular weight is 261 g/mol. The number of carbonyl (C=O) groups excluding carboxylic acids is 1. The Bertz CT molecular complexity index is 509. The fourth-order valence-corrected chi connectivity index (χ4v) is 1.39. The van der Waals surface area contributed by atoms with Crippen molar-refractivity contribution in [2.24, 2.45) is 0 Å². The van der Waals surface area contributed by atoms with E-state index >= 15 is 0 Å². The highest BCUT2D eigenvalue weighted by atomic mass is 16.5. The first-order valence-electron chi connectivity index (χ1n) is 6.05. The Morgan fingerprint density at radius 2 is 2.21 bits per heavy atom. The molecule has 19 heavy (non-hydrogen) atoms. The minimum atomic E-state index is -0.300. The quantitative estimate of drug-likeness (QED) is 0.812. The number of nitrogens with one attached hydrogen (secondary N) is 2. The van der Waals surface area contributed by atoms with E-state index in [9.17, 15) is 4.79 Å². The van der Waals surface area contributed by atoms with Gasteiger partial charge in [0.2, 0.25) is 0 Å². The molecule has 2 rings (SSSR count). The standard InChI is InChI=1S/C12H15N5O2/c1-2-6-13-11-4-3-10(16-17-11)12(18)14-8-9-5-7-15-19-9/h3-5,7H,2,6,8H2,1H3,(H,13,17)(H,14,18). The molecule has 0 aromatic carbocycles. The molecule has 2 aromatic rings. The van der Waals surface area contributed by atoms with Gasteiger partial charge in [-0.15, -0.1) is 10.2 Å². The Morgan fingerprint density at radius 1 is 1.32 bits per heavy atom. The van der Waals surface area contributed by atoms with Crippen molar-refractivity contribution in [1.82, 2.24) is 20.7 Å². The molecule has 0 fully saturated rings. The van der Waals surface area contributed by atoms with E-state index in [-0.39, 0.29) is 18.1 Å². The zero-order valence-electron chi connectivity index (χ0n) is 10.6. The predicted octanol–water partition coefficient (Wildman–Crippen LogP) is 1.22. The van der Waals surface area contributed by atoms with E-state index in [1.54, 1.807) is 18.2 Å². The molecule has 2 heterocycles. The van der Waals surface area contributed by atoms with Crippen LogP contribution in [-0.4, -0.2) is 27.8 Å². The van der Waals surface area contributed by atoms with Crippen molar-refractivity contribution in [2.75, 3.05) is 11.9 Å². The first-order valence-corrected chi connectivity index (χ1v) is 6.05. The second-order valence-electron chi connectivity index (χ2n) is 3.89. The molecule has 1 amide bonds. The van der Waals surface area contributed by atoms with E-state index in [0.29, 0.717) is 11.6 Å². The fourth-order valence-electron chi connectivity index (χ4n) is 1.39. The summed E-state index contributed by atoms with van der Waals surface area (Å²) in [6, 6.07) is 5.04. The minimum Gasteiger partial charge on any atom is -0.369 e. The third kappa shape index (κ3) is 3.77. The van der Waals surface area contributed by atoms with Crippen molar-refractivity contribution < 1.29 is 9.32 Å². The zero-order chi connectivity index (χ0) is 13.5. The van der Waals surface area contributed by atoms with Gasteiger partial charge >= 0.3 is 0 Å². The molecule has 0 aliphatic heterocycles. The van der Waals surface area contributed by atoms with Gasteiger partial charge in [0, 0.05) is 12.6 Å². The van der Waals surface area contributed by atoms with Crippen molar-refractivity contribution in [3.63, 3.8) is 0 Å². The highest BCUT2D eigenvalue weighted by molar-refractivity contribution is 5.92. The monoisotopic (exact) mass is 261 g/mol. The molecule has 7 nitrogen and oxygen atoms in total. The SMILES string of the molecule is CCCNc1ccc(C(=O)NCc2ccno2)nn1. The van der Waals surface area contributed by atoms with E-state index < -0.39 is 0 Å². The second-order valence-corrected chi connectivity index (χ2v) is 3.89. The van der Waals surface area contributed by atoms with Gasteiger partial charge in [0.05, 0.1) is 12.7 Å². The van der Waals surface area contributed by atoms with Crippen LogP contribution in [-0.2, 0) is 6.54 Å². The molecule has 0 bridgehead atoms. The molecule has 0 unspecified atom stereocenters. The molecule has 0 aliphatic rings. The van der Waals surface area contributed by atoms with Gasteiger partial charge in [0.1, 0.15) is 5.82 Å². The summed E-state index contributed by atoms with van der Waals surface area (Å²) >= 11 is 0. The lowest BCUT2D eigenvalue weighted by Crippen LogP contribution is -2.24. The molecule has 7 heteroatoms. The average Bonchev–Trinajstić information content (AvgIpc) is 2.96. The highest BCUT2D eigenvalue weighted by Crippen LogP contribution is 2.02. The Kier molecular flexibility index (Phi) is 4.44. The summed E-state index contributed by atoms with van der Waals surface area (Å²) in [5, 5.41) is 17.1. The molecule has 100 valence electrons. The van der Waals surface area contributed by atoms with Crippen molar-refractivity contribution >= 4 is 11.7 Å². The molecule has 2 N–H and O–H groups in total. The van der Waals surface area contributed by atoms with Gasteiger partial charge in [-0.1, -0.05) is 12.1 Å². The number of nitrogens with zero attached hydrogens (tertiary/aromatic N) is 3. The first-order chi connectivity index (χ1) is 9.29. The van der Waals surface area contributed by atoms with E-state index in [1.165, 1.54) is 6.20 Å². The number of carbonyl (C=O) groups is 1. The van der Waals surface area contributed by atoms with Crippen LogP contribution in [0.1, 0.15) is 29.6 Å². The number of aromatic nitrogens is 3. The number of hydrogen-bond donors (Lipinski definition) is 2. The topological polar surface area (TPSA) is 92.9 Å². The summed E-state index contributed by atoms with van der Waals surface area (Å²) in [4.78, 5) is 11.8. The van der Waals surface area contributed by atoms with Crippen LogP contribution in [0.5, 0.6) is 0 Å². The summed E-state index contributed by atoms with van der Waals surface area (Å²) < 4.78 is 4.87. The normalized spacial score (nSPS) is 10.2. The molecule has 0 aliphatic carbocycles. The highest BCUT2D eigenvalue weighted by Gasteiger charge is 2.08. The third-order valence-corrected chi connectivity index (χ3v) is 2.37. The van der Waals surface area contributed by atoms with Gasteiger partial charge in [0.15, 0.2) is 11.5 Å². The van der Waals surface area contributed by atoms with Gasteiger partial charge in [-0.05, 0) is 18.6 Å². The van der Waals surface area contributed by atoms with Crippen LogP contribution in [0.15, 0.2) is 28.9 Å². The van der Waals surface area contributed by atoms with E-state index in [4.69, 9.17) is 4.52 Å². The largest absolute Gasteiger partial charge is 0.369 e. The predicted molar refractivity (Wildman–Crippen MR) is 68.5 cm³/mol.